The maximum Gasteiger partial charge on any atom is 0.338 e. The van der Waals surface area contributed by atoms with Crippen LogP contribution in [0.2, 0.25) is 5.15 Å². The fourth-order valence-corrected chi connectivity index (χ4v) is 3.81. The summed E-state index contributed by atoms with van der Waals surface area (Å²) in [5.74, 6) is 0.519. The van der Waals surface area contributed by atoms with E-state index in [1.165, 1.54) is 0 Å². The summed E-state index contributed by atoms with van der Waals surface area (Å²) in [6, 6.07) is 15.4. The zero-order valence-electron chi connectivity index (χ0n) is 18.6. The number of carbonyl (C=O) groups excluding carboxylic acids is 2. The molecule has 0 saturated carbocycles. The zero-order chi connectivity index (χ0) is 22.9. The second-order valence-electron chi connectivity index (χ2n) is 7.74. The number of aromatic nitrogens is 2. The predicted molar refractivity (Wildman–Crippen MR) is 127 cm³/mol. The molecule has 0 radical (unpaired) electrons. The van der Waals surface area contributed by atoms with Crippen LogP contribution in [0.1, 0.15) is 71.8 Å². The number of halogens is 1. The average Bonchev–Trinajstić information content (AvgIpc) is 3.12. The van der Waals surface area contributed by atoms with Gasteiger partial charge in [0.05, 0.1) is 12.2 Å². The van der Waals surface area contributed by atoms with Crippen molar-refractivity contribution in [1.82, 2.24) is 9.55 Å². The molecule has 32 heavy (non-hydrogen) atoms. The number of esters is 1. The fourth-order valence-electron chi connectivity index (χ4n) is 3.57. The number of hydrogen-bond donors (Lipinski definition) is 0. The van der Waals surface area contributed by atoms with E-state index in [9.17, 15) is 9.59 Å². The number of aldehydes is 1. The number of imidazole rings is 1. The Morgan fingerprint density at radius 1 is 1.06 bits per heavy atom. The molecular weight excluding hydrogens is 424 g/mol. The van der Waals surface area contributed by atoms with Crippen LogP contribution in [0.25, 0.3) is 11.1 Å². The van der Waals surface area contributed by atoms with Crippen LogP contribution in [0.5, 0.6) is 0 Å². The Morgan fingerprint density at radius 2 is 1.78 bits per heavy atom. The van der Waals surface area contributed by atoms with Crippen LogP contribution in [0.4, 0.5) is 0 Å². The van der Waals surface area contributed by atoms with Crippen LogP contribution in [-0.4, -0.2) is 28.4 Å². The van der Waals surface area contributed by atoms with Gasteiger partial charge in [0.15, 0.2) is 11.4 Å². The van der Waals surface area contributed by atoms with Crippen molar-refractivity contribution in [2.45, 2.75) is 52.5 Å². The summed E-state index contributed by atoms with van der Waals surface area (Å²) in [6.45, 7) is 5.11. The molecule has 0 saturated heterocycles. The molecule has 3 aromatic rings. The second kappa shape index (κ2) is 11.6. The number of aryl methyl sites for hydroxylation is 1. The molecule has 0 atom stereocenters. The summed E-state index contributed by atoms with van der Waals surface area (Å²) >= 11 is 6.19. The number of nitrogens with zero attached hydrogens (tertiary/aromatic N) is 2. The third-order valence-corrected chi connectivity index (χ3v) is 5.67. The smallest absolute Gasteiger partial charge is 0.338 e. The first-order chi connectivity index (χ1) is 15.6. The van der Waals surface area contributed by atoms with Gasteiger partial charge in [-0.05, 0) is 35.6 Å². The summed E-state index contributed by atoms with van der Waals surface area (Å²) in [7, 11) is 0. The van der Waals surface area contributed by atoms with E-state index in [-0.39, 0.29) is 11.1 Å². The zero-order valence-corrected chi connectivity index (χ0v) is 19.4. The van der Waals surface area contributed by atoms with E-state index in [1.54, 1.807) is 6.07 Å². The third-order valence-electron chi connectivity index (χ3n) is 5.39. The Morgan fingerprint density at radius 3 is 2.47 bits per heavy atom. The highest BCUT2D eigenvalue weighted by Gasteiger charge is 2.16. The minimum Gasteiger partial charge on any atom is -0.462 e. The molecule has 0 aliphatic heterocycles. The van der Waals surface area contributed by atoms with Crippen LogP contribution in [0.3, 0.4) is 0 Å². The first kappa shape index (κ1) is 23.7. The largest absolute Gasteiger partial charge is 0.462 e. The normalized spacial score (nSPS) is 10.8. The van der Waals surface area contributed by atoms with Crippen LogP contribution in [0, 0.1) is 0 Å². The van der Waals surface area contributed by atoms with Gasteiger partial charge in [-0.1, -0.05) is 80.8 Å². The van der Waals surface area contributed by atoms with E-state index in [0.717, 1.165) is 60.9 Å². The topological polar surface area (TPSA) is 61.2 Å². The highest BCUT2D eigenvalue weighted by atomic mass is 35.5. The molecule has 168 valence electrons. The Balaban J connectivity index is 1.83. The molecule has 3 rings (SSSR count). The van der Waals surface area contributed by atoms with Gasteiger partial charge in [-0.15, -0.1) is 0 Å². The molecule has 0 bridgehead atoms. The Kier molecular flexibility index (Phi) is 8.63. The highest BCUT2D eigenvalue weighted by molar-refractivity contribution is 6.31. The molecule has 2 aromatic carbocycles. The van der Waals surface area contributed by atoms with Gasteiger partial charge in [-0.2, -0.15) is 0 Å². The van der Waals surface area contributed by atoms with Crippen molar-refractivity contribution in [3.05, 3.63) is 76.3 Å². The first-order valence-corrected chi connectivity index (χ1v) is 11.5. The molecule has 0 N–H and O–H groups in total. The quantitative estimate of drug-likeness (QED) is 0.193. The first-order valence-electron chi connectivity index (χ1n) is 11.1. The number of ether oxygens (including phenoxy) is 1. The van der Waals surface area contributed by atoms with E-state index in [0.29, 0.717) is 24.4 Å². The molecule has 0 fully saturated rings. The van der Waals surface area contributed by atoms with E-state index >= 15 is 0 Å². The van der Waals surface area contributed by atoms with Crippen LogP contribution < -0.4 is 0 Å². The van der Waals surface area contributed by atoms with E-state index in [4.69, 9.17) is 16.3 Å². The summed E-state index contributed by atoms with van der Waals surface area (Å²) in [5.41, 5.74) is 3.75. The van der Waals surface area contributed by atoms with Gasteiger partial charge in [-0.3, -0.25) is 4.79 Å². The van der Waals surface area contributed by atoms with E-state index in [2.05, 4.69) is 18.8 Å². The maximum atomic E-state index is 12.5. The number of carbonyl (C=O) groups is 2. The lowest BCUT2D eigenvalue weighted by molar-refractivity contribution is 0.0500. The Labute approximate surface area is 194 Å². The molecule has 1 heterocycles. The minimum absolute atomic E-state index is 0.248. The summed E-state index contributed by atoms with van der Waals surface area (Å²) in [5, 5.41) is 0.248. The van der Waals surface area contributed by atoms with Gasteiger partial charge < -0.3 is 9.30 Å². The van der Waals surface area contributed by atoms with Crippen LogP contribution >= 0.6 is 11.6 Å². The third kappa shape index (κ3) is 5.65. The molecule has 0 amide bonds. The van der Waals surface area contributed by atoms with Crippen molar-refractivity contribution < 1.29 is 14.3 Å². The number of unbranched alkanes of at least 4 members (excludes halogenated alkanes) is 2. The molecular formula is C26H29ClN2O3. The maximum absolute atomic E-state index is 12.5. The Hall–Kier alpha value is -2.92. The SMILES string of the molecule is CCCCOC(=O)c1ccccc1-c1ccc(Cn2c(CCCC)nc(Cl)c2C=O)cc1. The monoisotopic (exact) mass is 452 g/mol. The molecule has 0 spiro atoms. The lowest BCUT2D eigenvalue weighted by atomic mass is 9.98. The highest BCUT2D eigenvalue weighted by Crippen LogP contribution is 2.26. The van der Waals surface area contributed by atoms with Crippen molar-refractivity contribution in [3.8, 4) is 11.1 Å². The van der Waals surface area contributed by atoms with E-state index in [1.807, 2.05) is 47.0 Å². The van der Waals surface area contributed by atoms with Crippen molar-refractivity contribution in [3.63, 3.8) is 0 Å². The van der Waals surface area contributed by atoms with Gasteiger partial charge >= 0.3 is 5.97 Å². The molecule has 0 aliphatic carbocycles. The fraction of sp³-hybridized carbons (Fsp3) is 0.346. The van der Waals surface area contributed by atoms with Gasteiger partial charge in [-0.25, -0.2) is 9.78 Å². The molecule has 1 aromatic heterocycles. The average molecular weight is 453 g/mol. The second-order valence-corrected chi connectivity index (χ2v) is 8.10. The molecule has 0 unspecified atom stereocenters. The van der Waals surface area contributed by atoms with Gasteiger partial charge in [0.2, 0.25) is 0 Å². The molecule has 6 heteroatoms. The predicted octanol–water partition coefficient (Wildman–Crippen LogP) is 6.36. The van der Waals surface area contributed by atoms with Crippen LogP contribution in [-0.2, 0) is 17.7 Å². The summed E-state index contributed by atoms with van der Waals surface area (Å²) < 4.78 is 7.30. The van der Waals surface area contributed by atoms with Gasteiger partial charge in [0.1, 0.15) is 11.5 Å². The molecule has 0 aliphatic rings. The standard InChI is InChI=1S/C26H29ClN2O3/c1-3-5-11-24-28-25(27)23(18-30)29(24)17-19-12-14-20(15-13-19)21-9-7-8-10-22(21)26(31)32-16-6-4-2/h7-10,12-15,18H,3-6,11,16-17H2,1-2H3. The van der Waals surface area contributed by atoms with Crippen molar-refractivity contribution in [1.29, 1.82) is 0 Å². The number of rotatable bonds is 11. The van der Waals surface area contributed by atoms with Crippen LogP contribution in [0.15, 0.2) is 48.5 Å². The van der Waals surface area contributed by atoms with Crippen molar-refractivity contribution >= 4 is 23.9 Å². The molecule has 5 nitrogen and oxygen atoms in total. The number of benzene rings is 2. The summed E-state index contributed by atoms with van der Waals surface area (Å²) in [4.78, 5) is 28.5. The van der Waals surface area contributed by atoms with E-state index < -0.39 is 0 Å². The van der Waals surface area contributed by atoms with Gasteiger partial charge in [0.25, 0.3) is 0 Å². The lowest BCUT2D eigenvalue weighted by Gasteiger charge is -2.12. The van der Waals surface area contributed by atoms with Crippen molar-refractivity contribution in [2.24, 2.45) is 0 Å². The van der Waals surface area contributed by atoms with Crippen molar-refractivity contribution in [2.75, 3.05) is 6.61 Å². The number of hydrogen-bond acceptors (Lipinski definition) is 4. The minimum atomic E-state index is -0.303. The summed E-state index contributed by atoms with van der Waals surface area (Å²) in [6.07, 6.45) is 5.38. The van der Waals surface area contributed by atoms with Gasteiger partial charge in [0, 0.05) is 13.0 Å². The Bertz CT molecular complexity index is 1060. The lowest BCUT2D eigenvalue weighted by Crippen LogP contribution is -2.09.